The van der Waals surface area contributed by atoms with Gasteiger partial charge < -0.3 is 28.6 Å². The zero-order valence-electron chi connectivity index (χ0n) is 35.1. The zero-order valence-corrected chi connectivity index (χ0v) is 36.6. The number of amides is 2. The smallest absolute Gasteiger partial charge is 0.347 e. The maximum absolute atomic E-state index is 15.5. The molecule has 64 heavy (non-hydrogen) atoms. The van der Waals surface area contributed by atoms with Crippen LogP contribution in [0.4, 0.5) is 5.69 Å². The number of methoxy groups -OCH3 is 4. The number of phenolic OH excluding ortho intramolecular Hbond substituents is 1. The second-order valence-corrected chi connectivity index (χ2v) is 16.5. The number of anilines is 1. The van der Waals surface area contributed by atoms with Gasteiger partial charge in [-0.3, -0.25) is 19.8 Å². The van der Waals surface area contributed by atoms with Gasteiger partial charge in [-0.2, -0.15) is 5.01 Å². The Hall–Kier alpha value is -6.98. The standard InChI is InChI=1S/C45H41Cl2N7O10/c1-50-35-22-38(64-5)37(63-4)21-33(35)48-32(41(50)57)15-16-51-43(59)52-17-14-27-34(54(52)44(51)60)20-29-40(56)53(49-31-13-8-24(46)18-30(31)47)42(58)45(29,23-6-9-25(61-2)10-7-23)39(27)28-12-11-26(62-3)19-36(28)55/h6-14,18-19,21-22,29,34,39,49,55H,15-17,20H2,1-5H3/t29-,34+,39+,45+/m0/s1. The van der Waals surface area contributed by atoms with E-state index in [-0.39, 0.29) is 53.6 Å². The highest BCUT2D eigenvalue weighted by atomic mass is 35.5. The van der Waals surface area contributed by atoms with Crippen LogP contribution >= 0.6 is 23.2 Å². The lowest BCUT2D eigenvalue weighted by atomic mass is 9.53. The summed E-state index contributed by atoms with van der Waals surface area (Å²) >= 11 is 12.8. The zero-order chi connectivity index (χ0) is 45.4. The number of benzene rings is 4. The van der Waals surface area contributed by atoms with Gasteiger partial charge in [0.25, 0.3) is 17.4 Å². The summed E-state index contributed by atoms with van der Waals surface area (Å²) in [5, 5.41) is 13.2. The maximum Gasteiger partial charge on any atom is 0.347 e. The fraction of sp³-hybridized carbons (Fsp3) is 0.289. The fourth-order valence-corrected chi connectivity index (χ4v) is 10.1. The van der Waals surface area contributed by atoms with Crippen LogP contribution in [-0.4, -0.2) is 73.9 Å². The number of hydrazine groups is 1. The molecule has 0 radical (unpaired) electrons. The van der Waals surface area contributed by atoms with Crippen LogP contribution in [0, 0.1) is 5.92 Å². The molecule has 0 bridgehead atoms. The number of carbonyl (C=O) groups is 2. The van der Waals surface area contributed by atoms with E-state index >= 15 is 9.59 Å². The number of hydrogen-bond acceptors (Lipinski definition) is 12. The third kappa shape index (κ3) is 6.35. The van der Waals surface area contributed by atoms with Gasteiger partial charge in [-0.15, -0.1) is 0 Å². The quantitative estimate of drug-likeness (QED) is 0.131. The van der Waals surface area contributed by atoms with E-state index in [4.69, 9.17) is 42.1 Å². The Morgan fingerprint density at radius 2 is 1.55 bits per heavy atom. The van der Waals surface area contributed by atoms with E-state index in [0.717, 1.165) is 9.58 Å². The summed E-state index contributed by atoms with van der Waals surface area (Å²) in [6.45, 7) is -0.293. The van der Waals surface area contributed by atoms with Crippen molar-refractivity contribution in [1.29, 1.82) is 0 Å². The van der Waals surface area contributed by atoms with Crippen molar-refractivity contribution < 1.29 is 33.6 Å². The van der Waals surface area contributed by atoms with Crippen LogP contribution in [0.5, 0.6) is 28.7 Å². The summed E-state index contributed by atoms with van der Waals surface area (Å²) in [5.41, 5.74) is 1.97. The number of nitrogens with one attached hydrogen (secondary N) is 1. The van der Waals surface area contributed by atoms with Gasteiger partial charge in [0.1, 0.15) is 22.9 Å². The molecule has 0 unspecified atom stereocenters. The van der Waals surface area contributed by atoms with Gasteiger partial charge in [0, 0.05) is 54.7 Å². The molecule has 1 saturated heterocycles. The number of halogens is 2. The van der Waals surface area contributed by atoms with Crippen LogP contribution < -0.4 is 41.3 Å². The molecule has 1 saturated carbocycles. The molecular formula is C45H41Cl2N7O10. The van der Waals surface area contributed by atoms with Crippen LogP contribution in [0.2, 0.25) is 10.0 Å². The predicted molar refractivity (Wildman–Crippen MR) is 236 cm³/mol. The molecule has 4 aromatic carbocycles. The Kier molecular flexibility index (Phi) is 10.6. The minimum Gasteiger partial charge on any atom is -0.508 e. The monoisotopic (exact) mass is 909 g/mol. The van der Waals surface area contributed by atoms with E-state index in [1.165, 1.54) is 54.5 Å². The Morgan fingerprint density at radius 3 is 2.22 bits per heavy atom. The minimum atomic E-state index is -1.73. The lowest BCUT2D eigenvalue weighted by molar-refractivity contribution is -0.138. The number of imide groups is 1. The van der Waals surface area contributed by atoms with E-state index in [0.29, 0.717) is 50.2 Å². The number of phenols is 1. The average Bonchev–Trinajstić information content (AvgIpc) is 3.67. The first-order valence-electron chi connectivity index (χ1n) is 20.1. The second-order valence-electron chi connectivity index (χ2n) is 15.7. The van der Waals surface area contributed by atoms with Gasteiger partial charge in [-0.05, 0) is 54.0 Å². The SMILES string of the molecule is COc1ccc([C@@]23C(=O)N(Nc4ccc(Cl)cc4Cl)C(=O)[C@@H]2C[C@@H]2C(=CCn4c(=O)n(CCc5nc6cc(OC)c(OC)cc6n(C)c5=O)c(=O)n42)[C@@H]3c2ccc(OC)cc2O)cc1. The molecule has 2 fully saturated rings. The summed E-state index contributed by atoms with van der Waals surface area (Å²) in [7, 11) is 7.52. The lowest BCUT2D eigenvalue weighted by Crippen LogP contribution is -2.53. The molecule has 4 heterocycles. The van der Waals surface area contributed by atoms with Crippen LogP contribution in [0.3, 0.4) is 0 Å². The van der Waals surface area contributed by atoms with Gasteiger partial charge >= 0.3 is 11.4 Å². The fourth-order valence-electron chi connectivity index (χ4n) is 9.67. The number of aromatic hydroxyl groups is 1. The van der Waals surface area contributed by atoms with Gasteiger partial charge in [0.15, 0.2) is 11.5 Å². The lowest BCUT2D eigenvalue weighted by Gasteiger charge is -2.49. The Bertz CT molecular complexity index is 3140. The van der Waals surface area contributed by atoms with E-state index < -0.39 is 52.0 Å². The number of hydrogen-bond donors (Lipinski definition) is 2. The molecule has 330 valence electrons. The molecule has 2 amide bonds. The molecule has 4 atom stereocenters. The molecule has 2 aromatic heterocycles. The van der Waals surface area contributed by atoms with Crippen molar-refractivity contribution in [2.24, 2.45) is 13.0 Å². The largest absolute Gasteiger partial charge is 0.508 e. The normalized spacial score (nSPS) is 20.1. The number of aromatic nitrogens is 5. The molecule has 2 N–H and O–H groups in total. The second kappa shape index (κ2) is 16.0. The predicted octanol–water partition coefficient (Wildman–Crippen LogP) is 4.97. The molecular weight excluding hydrogens is 869 g/mol. The Labute approximate surface area is 374 Å². The molecule has 3 aliphatic rings. The Morgan fingerprint density at radius 1 is 0.844 bits per heavy atom. The highest BCUT2D eigenvalue weighted by Crippen LogP contribution is 2.63. The number of fused-ring (bicyclic) bond motifs is 5. The van der Waals surface area contributed by atoms with E-state index in [1.54, 1.807) is 73.8 Å². The van der Waals surface area contributed by atoms with Crippen LogP contribution in [-0.2, 0) is 41.6 Å². The van der Waals surface area contributed by atoms with Gasteiger partial charge in [0.2, 0.25) is 0 Å². The number of allylic oxidation sites excluding steroid dienone is 2. The van der Waals surface area contributed by atoms with Crippen LogP contribution in [0.1, 0.15) is 35.2 Å². The summed E-state index contributed by atoms with van der Waals surface area (Å²) in [6, 6.07) is 18.4. The number of nitrogens with zero attached hydrogens (tertiary/aromatic N) is 6. The van der Waals surface area contributed by atoms with Crippen LogP contribution in [0.25, 0.3) is 11.0 Å². The minimum absolute atomic E-state index is 0.0759. The van der Waals surface area contributed by atoms with Crippen molar-refractivity contribution >= 4 is 51.7 Å². The molecule has 1 aliphatic carbocycles. The summed E-state index contributed by atoms with van der Waals surface area (Å²) in [4.78, 5) is 77.7. The third-order valence-corrected chi connectivity index (χ3v) is 13.2. The molecule has 2 aliphatic heterocycles. The van der Waals surface area contributed by atoms with Crippen molar-refractivity contribution in [3.05, 3.63) is 143 Å². The van der Waals surface area contributed by atoms with Gasteiger partial charge in [-0.25, -0.2) is 28.5 Å². The van der Waals surface area contributed by atoms with Crippen LogP contribution in [0.15, 0.2) is 98.8 Å². The van der Waals surface area contributed by atoms with Crippen molar-refractivity contribution in [3.8, 4) is 28.7 Å². The first kappa shape index (κ1) is 42.3. The number of ether oxygens (including phenoxy) is 4. The van der Waals surface area contributed by atoms with Crippen molar-refractivity contribution in [2.45, 2.75) is 43.3 Å². The molecule has 6 aromatic rings. The molecule has 0 spiro atoms. The highest BCUT2D eigenvalue weighted by molar-refractivity contribution is 6.36. The number of aryl methyl sites for hydroxylation is 2. The summed E-state index contributed by atoms with van der Waals surface area (Å²) in [6.07, 6.45) is 1.59. The molecule has 17 nitrogen and oxygen atoms in total. The number of rotatable bonds is 11. The van der Waals surface area contributed by atoms with E-state index in [1.807, 2.05) is 0 Å². The first-order chi connectivity index (χ1) is 30.8. The Balaban J connectivity index is 1.19. The van der Waals surface area contributed by atoms with Gasteiger partial charge in [-0.1, -0.05) is 47.5 Å². The van der Waals surface area contributed by atoms with Crippen molar-refractivity contribution in [1.82, 2.24) is 28.5 Å². The van der Waals surface area contributed by atoms with Crippen molar-refractivity contribution in [2.75, 3.05) is 33.9 Å². The molecule has 9 rings (SSSR count). The maximum atomic E-state index is 15.5. The topological polar surface area (TPSA) is 190 Å². The van der Waals surface area contributed by atoms with E-state index in [9.17, 15) is 19.5 Å². The average molecular weight is 911 g/mol. The highest BCUT2D eigenvalue weighted by Gasteiger charge is 2.69. The molecule has 19 heteroatoms. The first-order valence-corrected chi connectivity index (χ1v) is 20.9. The number of carbonyl (C=O) groups excluding carboxylic acids is 2. The third-order valence-electron chi connectivity index (χ3n) is 12.7. The summed E-state index contributed by atoms with van der Waals surface area (Å²) < 4.78 is 26.8. The summed E-state index contributed by atoms with van der Waals surface area (Å²) in [5.74, 6) is -2.11. The van der Waals surface area contributed by atoms with Gasteiger partial charge in [0.05, 0.1) is 74.1 Å². The van der Waals surface area contributed by atoms with E-state index in [2.05, 4.69) is 10.4 Å². The van der Waals surface area contributed by atoms with Crippen molar-refractivity contribution in [3.63, 3.8) is 0 Å².